The van der Waals surface area contributed by atoms with E-state index in [9.17, 15) is 9.90 Å². The van der Waals surface area contributed by atoms with E-state index >= 15 is 0 Å². The summed E-state index contributed by atoms with van der Waals surface area (Å²) < 4.78 is 0. The monoisotopic (exact) mass is 219 g/mol. The van der Waals surface area contributed by atoms with Crippen molar-refractivity contribution in [2.75, 3.05) is 19.0 Å². The first-order valence-corrected chi connectivity index (χ1v) is 5.40. The van der Waals surface area contributed by atoms with E-state index in [1.54, 1.807) is 11.8 Å². The smallest absolute Gasteiger partial charge is 0.229 e. The van der Waals surface area contributed by atoms with E-state index in [1.165, 1.54) is 0 Å². The van der Waals surface area contributed by atoms with Crippen molar-refractivity contribution < 1.29 is 9.90 Å². The van der Waals surface area contributed by atoms with Crippen LogP contribution >= 0.6 is 11.6 Å². The van der Waals surface area contributed by atoms with Gasteiger partial charge in [0, 0.05) is 19.0 Å². The van der Waals surface area contributed by atoms with Gasteiger partial charge in [0.25, 0.3) is 0 Å². The first-order valence-electron chi connectivity index (χ1n) is 4.86. The van der Waals surface area contributed by atoms with Gasteiger partial charge in [-0.25, -0.2) is 0 Å². The Bertz CT molecular complexity index is 238. The first-order chi connectivity index (χ1) is 6.28. The summed E-state index contributed by atoms with van der Waals surface area (Å²) >= 11 is 5.73. The predicted molar refractivity (Wildman–Crippen MR) is 56.3 cm³/mol. The minimum absolute atomic E-state index is 0.0327. The molecule has 0 aromatic rings. The van der Waals surface area contributed by atoms with Crippen LogP contribution in [0.15, 0.2) is 0 Å². The third kappa shape index (κ3) is 2.39. The van der Waals surface area contributed by atoms with E-state index in [4.69, 9.17) is 11.6 Å². The zero-order valence-electron chi connectivity index (χ0n) is 9.01. The fourth-order valence-electron chi connectivity index (χ4n) is 1.60. The summed E-state index contributed by atoms with van der Waals surface area (Å²) in [5.41, 5.74) is -1.25. The van der Waals surface area contributed by atoms with Crippen molar-refractivity contribution in [3.05, 3.63) is 0 Å². The number of aliphatic hydroxyl groups is 1. The Labute approximate surface area is 90.0 Å². The average Bonchev–Trinajstić information content (AvgIpc) is 2.44. The van der Waals surface area contributed by atoms with Crippen LogP contribution in [-0.4, -0.2) is 40.5 Å². The fourth-order valence-corrected chi connectivity index (χ4v) is 1.72. The lowest BCUT2D eigenvalue weighted by molar-refractivity contribution is -0.139. The maximum Gasteiger partial charge on any atom is 0.229 e. The highest BCUT2D eigenvalue weighted by Crippen LogP contribution is 2.27. The number of rotatable bonds is 2. The molecule has 1 fully saturated rings. The van der Waals surface area contributed by atoms with Crippen LogP contribution in [0.5, 0.6) is 0 Å². The Hall–Kier alpha value is -0.280. The molecule has 0 saturated carbocycles. The number of nitrogens with zero attached hydrogens (tertiary/aromatic N) is 1. The van der Waals surface area contributed by atoms with E-state index in [2.05, 4.69) is 0 Å². The largest absolute Gasteiger partial charge is 0.388 e. The molecule has 1 aliphatic heterocycles. The minimum atomic E-state index is -0.724. The normalized spacial score (nSPS) is 28.2. The maximum absolute atomic E-state index is 11.9. The van der Waals surface area contributed by atoms with Crippen molar-refractivity contribution in [2.45, 2.75) is 32.8 Å². The summed E-state index contributed by atoms with van der Waals surface area (Å²) in [5, 5.41) is 9.73. The highest BCUT2D eigenvalue weighted by atomic mass is 35.5. The summed E-state index contributed by atoms with van der Waals surface area (Å²) in [4.78, 5) is 13.6. The molecule has 1 N–H and O–H groups in total. The van der Waals surface area contributed by atoms with E-state index in [-0.39, 0.29) is 5.91 Å². The second kappa shape index (κ2) is 3.70. The lowest BCUT2D eigenvalue weighted by atomic mass is 9.94. The van der Waals surface area contributed by atoms with Gasteiger partial charge in [-0.1, -0.05) is 0 Å². The number of β-amino-alcohol motifs (C(OH)–C–C–N with tert-alkyl or cyclic N) is 1. The van der Waals surface area contributed by atoms with Crippen LogP contribution in [0.25, 0.3) is 0 Å². The van der Waals surface area contributed by atoms with E-state index in [1.807, 2.05) is 13.8 Å². The zero-order chi connectivity index (χ0) is 11.0. The van der Waals surface area contributed by atoms with Crippen LogP contribution in [-0.2, 0) is 4.79 Å². The van der Waals surface area contributed by atoms with E-state index in [0.717, 1.165) is 0 Å². The summed E-state index contributed by atoms with van der Waals surface area (Å²) in [6.07, 6.45) is 0.650. The summed E-state index contributed by atoms with van der Waals surface area (Å²) in [6.45, 7) is 6.47. The van der Waals surface area contributed by atoms with Crippen molar-refractivity contribution in [1.29, 1.82) is 0 Å². The van der Waals surface area contributed by atoms with E-state index < -0.39 is 11.0 Å². The van der Waals surface area contributed by atoms with Gasteiger partial charge in [-0.3, -0.25) is 4.79 Å². The quantitative estimate of drug-likeness (QED) is 0.710. The van der Waals surface area contributed by atoms with Gasteiger partial charge in [-0.05, 0) is 27.2 Å². The van der Waals surface area contributed by atoms with Crippen molar-refractivity contribution in [1.82, 2.24) is 4.90 Å². The van der Waals surface area contributed by atoms with Crippen LogP contribution in [0.3, 0.4) is 0 Å². The third-order valence-corrected chi connectivity index (χ3v) is 3.32. The molecule has 0 radical (unpaired) electrons. The topological polar surface area (TPSA) is 40.5 Å². The van der Waals surface area contributed by atoms with Gasteiger partial charge in [0.1, 0.15) is 0 Å². The lowest BCUT2D eigenvalue weighted by Gasteiger charge is -2.28. The molecule has 0 aromatic carbocycles. The van der Waals surface area contributed by atoms with E-state index in [0.29, 0.717) is 25.4 Å². The molecular weight excluding hydrogens is 202 g/mol. The second-order valence-corrected chi connectivity index (χ2v) is 5.26. The molecule has 0 aromatic heterocycles. The lowest BCUT2D eigenvalue weighted by Crippen LogP contribution is -2.42. The van der Waals surface area contributed by atoms with Crippen molar-refractivity contribution in [2.24, 2.45) is 5.41 Å². The molecule has 1 amide bonds. The van der Waals surface area contributed by atoms with Crippen molar-refractivity contribution >= 4 is 17.5 Å². The molecule has 82 valence electrons. The Kier molecular flexibility index (Phi) is 3.12. The molecule has 0 aliphatic carbocycles. The fraction of sp³-hybridized carbons (Fsp3) is 0.900. The number of amides is 1. The highest BCUT2D eigenvalue weighted by molar-refractivity contribution is 6.19. The second-order valence-electron chi connectivity index (χ2n) is 4.99. The Morgan fingerprint density at radius 3 is 2.57 bits per heavy atom. The molecule has 0 spiro atoms. The summed E-state index contributed by atoms with van der Waals surface area (Å²) in [7, 11) is 0. The first kappa shape index (κ1) is 11.8. The Morgan fingerprint density at radius 2 is 2.21 bits per heavy atom. The van der Waals surface area contributed by atoms with Crippen LogP contribution in [0.1, 0.15) is 27.2 Å². The molecule has 4 heteroatoms. The number of hydrogen-bond donors (Lipinski definition) is 1. The predicted octanol–water partition coefficient (Wildman–Crippen LogP) is 1.23. The van der Waals surface area contributed by atoms with Gasteiger partial charge >= 0.3 is 0 Å². The highest BCUT2D eigenvalue weighted by Gasteiger charge is 2.39. The molecule has 14 heavy (non-hydrogen) atoms. The average molecular weight is 220 g/mol. The standard InChI is InChI=1S/C10H18ClNO2/c1-9(2,6-11)8(13)12-5-4-10(3,14)7-12/h14H,4-7H2,1-3H3. The van der Waals surface area contributed by atoms with Crippen LogP contribution in [0.2, 0.25) is 0 Å². The van der Waals surface area contributed by atoms with Gasteiger partial charge < -0.3 is 10.0 Å². The molecule has 1 unspecified atom stereocenters. The van der Waals surface area contributed by atoms with Crippen molar-refractivity contribution in [3.63, 3.8) is 0 Å². The Morgan fingerprint density at radius 1 is 1.64 bits per heavy atom. The number of likely N-dealkylation sites (tertiary alicyclic amines) is 1. The summed E-state index contributed by atoms with van der Waals surface area (Å²) in [6, 6.07) is 0. The van der Waals surface area contributed by atoms with Gasteiger partial charge in [-0.2, -0.15) is 0 Å². The Balaban J connectivity index is 2.65. The van der Waals surface area contributed by atoms with Crippen LogP contribution in [0.4, 0.5) is 0 Å². The summed E-state index contributed by atoms with van der Waals surface area (Å²) in [5.74, 6) is 0.343. The molecule has 1 heterocycles. The van der Waals surface area contributed by atoms with Crippen molar-refractivity contribution in [3.8, 4) is 0 Å². The molecule has 3 nitrogen and oxygen atoms in total. The molecule has 1 atom stereocenters. The van der Waals surface area contributed by atoms with Gasteiger partial charge in [0.05, 0.1) is 11.0 Å². The number of hydrogen-bond acceptors (Lipinski definition) is 2. The van der Waals surface area contributed by atoms with Crippen LogP contribution in [0, 0.1) is 5.41 Å². The maximum atomic E-state index is 11.9. The molecule has 1 saturated heterocycles. The number of carbonyl (C=O) groups is 1. The zero-order valence-corrected chi connectivity index (χ0v) is 9.76. The molecule has 1 rings (SSSR count). The third-order valence-electron chi connectivity index (χ3n) is 2.65. The molecular formula is C10H18ClNO2. The SMILES string of the molecule is CC1(O)CCN(C(=O)C(C)(C)CCl)C1. The minimum Gasteiger partial charge on any atom is -0.388 e. The molecule has 1 aliphatic rings. The van der Waals surface area contributed by atoms with Gasteiger partial charge in [-0.15, -0.1) is 11.6 Å². The number of halogens is 1. The molecule has 0 bridgehead atoms. The van der Waals surface area contributed by atoms with Crippen LogP contribution < -0.4 is 0 Å². The van der Waals surface area contributed by atoms with Gasteiger partial charge in [0.15, 0.2) is 0 Å². The number of alkyl halides is 1. The van der Waals surface area contributed by atoms with Gasteiger partial charge in [0.2, 0.25) is 5.91 Å². The number of carbonyl (C=O) groups excluding carboxylic acids is 1.